The molecule has 31 heavy (non-hydrogen) atoms. The SMILES string of the molecule is Cn1c(COc2ccc(Cl)cc2)nnc1S[C@@H](C(=O)N1CCOCC1)c1ccccc1. The summed E-state index contributed by atoms with van der Waals surface area (Å²) in [6, 6.07) is 16.9. The summed E-state index contributed by atoms with van der Waals surface area (Å²) in [7, 11) is 1.88. The highest BCUT2D eigenvalue weighted by Gasteiger charge is 2.30. The van der Waals surface area contributed by atoms with Gasteiger partial charge in [0.25, 0.3) is 0 Å². The molecule has 0 radical (unpaired) electrons. The average molecular weight is 459 g/mol. The molecule has 3 aromatic rings. The van der Waals surface area contributed by atoms with Crippen LogP contribution in [0.25, 0.3) is 0 Å². The van der Waals surface area contributed by atoms with Crippen molar-refractivity contribution in [3.05, 3.63) is 71.0 Å². The van der Waals surface area contributed by atoms with Crippen LogP contribution in [-0.4, -0.2) is 51.9 Å². The number of carbonyl (C=O) groups is 1. The second-order valence-electron chi connectivity index (χ2n) is 7.05. The van der Waals surface area contributed by atoms with Crippen LogP contribution < -0.4 is 4.74 Å². The van der Waals surface area contributed by atoms with Crippen molar-refractivity contribution in [3.8, 4) is 5.75 Å². The molecule has 162 valence electrons. The number of aromatic nitrogens is 3. The molecule has 1 fully saturated rings. The van der Waals surface area contributed by atoms with Gasteiger partial charge in [-0.1, -0.05) is 53.7 Å². The summed E-state index contributed by atoms with van der Waals surface area (Å²) in [5.41, 5.74) is 0.936. The van der Waals surface area contributed by atoms with E-state index in [0.29, 0.717) is 48.1 Å². The Morgan fingerprint density at radius 3 is 2.55 bits per heavy atom. The van der Waals surface area contributed by atoms with Crippen LogP contribution in [0.2, 0.25) is 5.02 Å². The summed E-state index contributed by atoms with van der Waals surface area (Å²) >= 11 is 7.31. The van der Waals surface area contributed by atoms with Crippen molar-refractivity contribution < 1.29 is 14.3 Å². The molecule has 9 heteroatoms. The largest absolute Gasteiger partial charge is 0.486 e. The normalized spacial score (nSPS) is 15.0. The summed E-state index contributed by atoms with van der Waals surface area (Å²) in [5, 5.41) is 9.48. The lowest BCUT2D eigenvalue weighted by atomic mass is 10.1. The molecule has 7 nitrogen and oxygen atoms in total. The van der Waals surface area contributed by atoms with E-state index in [1.165, 1.54) is 11.8 Å². The molecule has 2 heterocycles. The third-order valence-electron chi connectivity index (χ3n) is 4.98. The lowest BCUT2D eigenvalue weighted by molar-refractivity contribution is -0.134. The van der Waals surface area contributed by atoms with Crippen molar-refractivity contribution in [2.75, 3.05) is 26.3 Å². The predicted octanol–water partition coefficient (Wildman–Crippen LogP) is 3.74. The van der Waals surface area contributed by atoms with E-state index >= 15 is 0 Å². The van der Waals surface area contributed by atoms with Gasteiger partial charge in [0.1, 0.15) is 17.6 Å². The summed E-state index contributed by atoms with van der Waals surface area (Å²) in [6.07, 6.45) is 0. The molecule has 4 rings (SSSR count). The Bertz CT molecular complexity index is 1010. The molecule has 1 aliphatic heterocycles. The van der Waals surface area contributed by atoms with E-state index in [2.05, 4.69) is 10.2 Å². The van der Waals surface area contributed by atoms with Crippen LogP contribution in [-0.2, 0) is 23.2 Å². The van der Waals surface area contributed by atoms with E-state index in [9.17, 15) is 4.79 Å². The van der Waals surface area contributed by atoms with E-state index in [0.717, 1.165) is 5.56 Å². The first-order valence-electron chi connectivity index (χ1n) is 9.96. The fourth-order valence-electron chi connectivity index (χ4n) is 3.20. The van der Waals surface area contributed by atoms with Gasteiger partial charge in [-0.3, -0.25) is 4.79 Å². The maximum Gasteiger partial charge on any atom is 0.240 e. The smallest absolute Gasteiger partial charge is 0.240 e. The quantitative estimate of drug-likeness (QED) is 0.502. The standard InChI is InChI=1S/C22H23ClN4O3S/c1-26-19(15-30-18-9-7-17(23)8-10-18)24-25-22(26)31-20(16-5-3-2-4-6-16)21(28)27-11-13-29-14-12-27/h2-10,20H,11-15H2,1H3/t20-/m1/s1. The first kappa shape index (κ1) is 21.7. The zero-order valence-electron chi connectivity index (χ0n) is 17.1. The summed E-state index contributed by atoms with van der Waals surface area (Å²) in [5.74, 6) is 1.43. The molecular weight excluding hydrogens is 436 g/mol. The fourth-order valence-corrected chi connectivity index (χ4v) is 4.43. The number of hydrogen-bond acceptors (Lipinski definition) is 6. The van der Waals surface area contributed by atoms with Crippen LogP contribution in [0, 0.1) is 0 Å². The minimum atomic E-state index is -0.410. The van der Waals surface area contributed by atoms with Crippen LogP contribution in [0.4, 0.5) is 0 Å². The first-order chi connectivity index (χ1) is 15.1. The Labute approximate surface area is 190 Å². The molecule has 1 saturated heterocycles. The van der Waals surface area contributed by atoms with Gasteiger partial charge in [-0.2, -0.15) is 0 Å². The van der Waals surface area contributed by atoms with Gasteiger partial charge >= 0.3 is 0 Å². The van der Waals surface area contributed by atoms with Crippen LogP contribution in [0.1, 0.15) is 16.6 Å². The Morgan fingerprint density at radius 2 is 1.84 bits per heavy atom. The average Bonchev–Trinajstić information content (AvgIpc) is 3.17. The number of morpholine rings is 1. The highest BCUT2D eigenvalue weighted by atomic mass is 35.5. The Hall–Kier alpha value is -2.55. The zero-order valence-corrected chi connectivity index (χ0v) is 18.7. The van der Waals surface area contributed by atoms with Crippen molar-refractivity contribution in [1.29, 1.82) is 0 Å². The van der Waals surface area contributed by atoms with Crippen molar-refractivity contribution >= 4 is 29.3 Å². The van der Waals surface area contributed by atoms with Gasteiger partial charge in [0.15, 0.2) is 11.0 Å². The Kier molecular flexibility index (Phi) is 7.11. The molecule has 1 atom stereocenters. The fraction of sp³-hybridized carbons (Fsp3) is 0.318. The van der Waals surface area contributed by atoms with Gasteiger partial charge in [0.2, 0.25) is 5.91 Å². The van der Waals surface area contributed by atoms with Crippen LogP contribution in [0.15, 0.2) is 59.8 Å². The molecule has 0 saturated carbocycles. The maximum absolute atomic E-state index is 13.3. The maximum atomic E-state index is 13.3. The Balaban J connectivity index is 1.50. The number of benzene rings is 2. The Morgan fingerprint density at radius 1 is 1.13 bits per heavy atom. The van der Waals surface area contributed by atoms with Crippen LogP contribution in [0.5, 0.6) is 5.75 Å². The zero-order chi connectivity index (χ0) is 21.6. The van der Waals surface area contributed by atoms with Gasteiger partial charge < -0.3 is 18.9 Å². The van der Waals surface area contributed by atoms with E-state index in [1.54, 1.807) is 24.3 Å². The van der Waals surface area contributed by atoms with Crippen molar-refractivity contribution in [3.63, 3.8) is 0 Å². The van der Waals surface area contributed by atoms with Crippen molar-refractivity contribution in [2.45, 2.75) is 17.0 Å². The summed E-state index contributed by atoms with van der Waals surface area (Å²) < 4.78 is 13.1. The minimum Gasteiger partial charge on any atom is -0.486 e. The number of halogens is 1. The monoisotopic (exact) mass is 458 g/mol. The summed E-state index contributed by atoms with van der Waals surface area (Å²) in [6.45, 7) is 2.59. The molecule has 2 aromatic carbocycles. The number of nitrogens with zero attached hydrogens (tertiary/aromatic N) is 4. The lowest BCUT2D eigenvalue weighted by Crippen LogP contribution is -2.42. The first-order valence-corrected chi connectivity index (χ1v) is 11.2. The number of thioether (sulfide) groups is 1. The molecule has 1 amide bonds. The second-order valence-corrected chi connectivity index (χ2v) is 8.56. The molecule has 0 bridgehead atoms. The van der Waals surface area contributed by atoms with Crippen molar-refractivity contribution in [1.82, 2.24) is 19.7 Å². The number of ether oxygens (including phenoxy) is 2. The third kappa shape index (κ3) is 5.39. The van der Waals surface area contributed by atoms with Gasteiger partial charge in [-0.25, -0.2) is 0 Å². The number of hydrogen-bond donors (Lipinski definition) is 0. The van der Waals surface area contributed by atoms with E-state index in [1.807, 2.05) is 46.8 Å². The van der Waals surface area contributed by atoms with E-state index in [4.69, 9.17) is 21.1 Å². The predicted molar refractivity (Wildman–Crippen MR) is 119 cm³/mol. The van der Waals surface area contributed by atoms with Gasteiger partial charge in [-0.15, -0.1) is 10.2 Å². The van der Waals surface area contributed by atoms with Crippen LogP contribution >= 0.6 is 23.4 Å². The number of carbonyl (C=O) groups excluding carboxylic acids is 1. The van der Waals surface area contributed by atoms with Gasteiger partial charge in [0.05, 0.1) is 13.2 Å². The lowest BCUT2D eigenvalue weighted by Gasteiger charge is -2.30. The highest BCUT2D eigenvalue weighted by molar-refractivity contribution is 8.00. The molecule has 0 spiro atoms. The minimum absolute atomic E-state index is 0.0569. The van der Waals surface area contributed by atoms with Gasteiger partial charge in [-0.05, 0) is 29.8 Å². The topological polar surface area (TPSA) is 69.5 Å². The van der Waals surface area contributed by atoms with Crippen molar-refractivity contribution in [2.24, 2.45) is 7.05 Å². The molecular formula is C22H23ClN4O3S. The molecule has 1 aliphatic rings. The molecule has 0 N–H and O–H groups in total. The third-order valence-corrected chi connectivity index (χ3v) is 6.51. The van der Waals surface area contributed by atoms with E-state index in [-0.39, 0.29) is 12.5 Å². The van der Waals surface area contributed by atoms with Crippen LogP contribution in [0.3, 0.4) is 0 Å². The summed E-state index contributed by atoms with van der Waals surface area (Å²) in [4.78, 5) is 15.2. The van der Waals surface area contributed by atoms with E-state index < -0.39 is 5.25 Å². The molecule has 0 unspecified atom stereocenters. The number of rotatable bonds is 7. The van der Waals surface area contributed by atoms with Gasteiger partial charge in [0, 0.05) is 25.2 Å². The number of amides is 1. The second kappa shape index (κ2) is 10.2. The molecule has 0 aliphatic carbocycles. The highest BCUT2D eigenvalue weighted by Crippen LogP contribution is 2.36. The molecule has 1 aromatic heterocycles.